The van der Waals surface area contributed by atoms with Gasteiger partial charge in [0.15, 0.2) is 0 Å². The Labute approximate surface area is 98.9 Å². The molecule has 0 aliphatic rings. The second-order valence-electron chi connectivity index (χ2n) is 3.73. The first-order valence-corrected chi connectivity index (χ1v) is 5.23. The van der Waals surface area contributed by atoms with E-state index in [0.717, 1.165) is 17.0 Å². The molecule has 0 spiro atoms. The van der Waals surface area contributed by atoms with Crippen LogP contribution in [0.25, 0.3) is 0 Å². The molecule has 4 nitrogen and oxygen atoms in total. The van der Waals surface area contributed by atoms with Gasteiger partial charge in [-0.25, -0.2) is 4.79 Å². The largest absolute Gasteiger partial charge is 0.497 e. The lowest BCUT2D eigenvalue weighted by Gasteiger charge is -2.03. The fraction of sp³-hybridized carbons (Fsp3) is 0.154. The molecule has 1 aromatic heterocycles. The van der Waals surface area contributed by atoms with Crippen LogP contribution in [0, 0.1) is 0 Å². The van der Waals surface area contributed by atoms with Gasteiger partial charge in [0.05, 0.1) is 7.11 Å². The van der Waals surface area contributed by atoms with Crippen LogP contribution in [0.4, 0.5) is 0 Å². The zero-order valence-corrected chi connectivity index (χ0v) is 9.43. The van der Waals surface area contributed by atoms with Crippen molar-refractivity contribution >= 4 is 5.97 Å². The zero-order chi connectivity index (χ0) is 12.3. The quantitative estimate of drug-likeness (QED) is 0.848. The van der Waals surface area contributed by atoms with Crippen LogP contribution in [0.2, 0.25) is 0 Å². The van der Waals surface area contributed by atoms with Crippen molar-refractivity contribution in [3.8, 4) is 5.75 Å². The summed E-state index contributed by atoms with van der Waals surface area (Å²) in [6.07, 6.45) is 0.657. The van der Waals surface area contributed by atoms with Crippen molar-refractivity contribution in [3.63, 3.8) is 0 Å². The Morgan fingerprint density at radius 3 is 2.82 bits per heavy atom. The standard InChI is InChI=1S/C13H13NO3/c1-17-11-4-2-3-9(8-11)7-10-5-6-12(14-10)13(15)16/h2-6,8,14H,7H2,1H3,(H,15,16). The summed E-state index contributed by atoms with van der Waals surface area (Å²) in [4.78, 5) is 13.6. The minimum absolute atomic E-state index is 0.211. The first-order valence-electron chi connectivity index (χ1n) is 5.23. The molecule has 0 saturated heterocycles. The van der Waals surface area contributed by atoms with E-state index in [1.165, 1.54) is 0 Å². The van der Waals surface area contributed by atoms with Crippen molar-refractivity contribution in [1.29, 1.82) is 0 Å². The summed E-state index contributed by atoms with van der Waals surface area (Å²) in [7, 11) is 1.62. The number of benzene rings is 1. The fourth-order valence-corrected chi connectivity index (χ4v) is 1.67. The van der Waals surface area contributed by atoms with E-state index in [9.17, 15) is 4.79 Å². The maximum Gasteiger partial charge on any atom is 0.352 e. The van der Waals surface area contributed by atoms with Crippen LogP contribution in [0.1, 0.15) is 21.7 Å². The monoisotopic (exact) mass is 231 g/mol. The first-order chi connectivity index (χ1) is 8.19. The number of methoxy groups -OCH3 is 1. The van der Waals surface area contributed by atoms with Crippen LogP contribution < -0.4 is 4.74 Å². The highest BCUT2D eigenvalue weighted by molar-refractivity contribution is 5.85. The average Bonchev–Trinajstić information content (AvgIpc) is 2.78. The van der Waals surface area contributed by atoms with Gasteiger partial charge in [0.2, 0.25) is 0 Å². The van der Waals surface area contributed by atoms with Gasteiger partial charge >= 0.3 is 5.97 Å². The third-order valence-corrected chi connectivity index (χ3v) is 2.51. The molecule has 0 amide bonds. The van der Waals surface area contributed by atoms with Crippen LogP contribution in [0.15, 0.2) is 36.4 Å². The van der Waals surface area contributed by atoms with Crippen LogP contribution >= 0.6 is 0 Å². The molecular weight excluding hydrogens is 218 g/mol. The molecule has 1 aromatic carbocycles. The van der Waals surface area contributed by atoms with Crippen LogP contribution in [-0.4, -0.2) is 23.2 Å². The van der Waals surface area contributed by atoms with Gasteiger partial charge < -0.3 is 14.8 Å². The number of carboxylic acids is 1. The summed E-state index contributed by atoms with van der Waals surface area (Å²) in [5, 5.41) is 8.80. The van der Waals surface area contributed by atoms with Crippen LogP contribution in [-0.2, 0) is 6.42 Å². The number of carbonyl (C=O) groups is 1. The van der Waals surface area contributed by atoms with Gasteiger partial charge in [-0.2, -0.15) is 0 Å². The number of rotatable bonds is 4. The minimum atomic E-state index is -0.943. The van der Waals surface area contributed by atoms with Crippen LogP contribution in [0.3, 0.4) is 0 Å². The van der Waals surface area contributed by atoms with E-state index >= 15 is 0 Å². The van der Waals surface area contributed by atoms with Gasteiger partial charge in [-0.3, -0.25) is 0 Å². The summed E-state index contributed by atoms with van der Waals surface area (Å²) in [6, 6.07) is 11.0. The molecule has 17 heavy (non-hydrogen) atoms. The van der Waals surface area contributed by atoms with Crippen molar-refractivity contribution in [2.24, 2.45) is 0 Å². The molecule has 0 aliphatic heterocycles. The molecule has 2 rings (SSSR count). The number of ether oxygens (including phenoxy) is 1. The number of aromatic nitrogens is 1. The highest BCUT2D eigenvalue weighted by Crippen LogP contribution is 2.15. The van der Waals surface area contributed by atoms with E-state index in [1.807, 2.05) is 24.3 Å². The Kier molecular flexibility index (Phi) is 3.14. The van der Waals surface area contributed by atoms with E-state index < -0.39 is 5.97 Å². The summed E-state index contributed by atoms with van der Waals surface area (Å²) >= 11 is 0. The molecule has 2 aromatic rings. The Morgan fingerprint density at radius 1 is 1.35 bits per heavy atom. The fourth-order valence-electron chi connectivity index (χ4n) is 1.67. The summed E-state index contributed by atoms with van der Waals surface area (Å²) in [6.45, 7) is 0. The summed E-state index contributed by atoms with van der Waals surface area (Å²) < 4.78 is 5.13. The lowest BCUT2D eigenvalue weighted by Crippen LogP contribution is -1.97. The number of nitrogens with one attached hydrogen (secondary N) is 1. The molecule has 0 bridgehead atoms. The lowest BCUT2D eigenvalue weighted by atomic mass is 10.1. The maximum atomic E-state index is 10.7. The van der Waals surface area contributed by atoms with Crippen LogP contribution in [0.5, 0.6) is 5.75 Å². The number of hydrogen-bond acceptors (Lipinski definition) is 2. The minimum Gasteiger partial charge on any atom is -0.497 e. The predicted molar refractivity (Wildman–Crippen MR) is 63.6 cm³/mol. The second-order valence-corrected chi connectivity index (χ2v) is 3.73. The van der Waals surface area contributed by atoms with Gasteiger partial charge in [0, 0.05) is 12.1 Å². The molecule has 0 aliphatic carbocycles. The van der Waals surface area contributed by atoms with Gasteiger partial charge in [0.25, 0.3) is 0 Å². The molecule has 0 saturated carbocycles. The average molecular weight is 231 g/mol. The first kappa shape index (κ1) is 11.3. The third-order valence-electron chi connectivity index (χ3n) is 2.51. The molecule has 0 fully saturated rings. The number of H-pyrrole nitrogens is 1. The highest BCUT2D eigenvalue weighted by Gasteiger charge is 2.06. The van der Waals surface area contributed by atoms with E-state index in [2.05, 4.69) is 4.98 Å². The Hall–Kier alpha value is -2.23. The number of aromatic amines is 1. The maximum absolute atomic E-state index is 10.7. The van der Waals surface area contributed by atoms with Gasteiger partial charge in [-0.05, 0) is 29.8 Å². The summed E-state index contributed by atoms with van der Waals surface area (Å²) in [5.74, 6) is -0.144. The SMILES string of the molecule is COc1cccc(Cc2ccc(C(=O)O)[nH]2)c1. The molecule has 0 atom stereocenters. The van der Waals surface area contributed by atoms with Crippen molar-refractivity contribution in [2.75, 3.05) is 7.11 Å². The molecule has 1 heterocycles. The number of carboxylic acid groups (broad SMARTS) is 1. The van der Waals surface area contributed by atoms with Crippen molar-refractivity contribution in [2.45, 2.75) is 6.42 Å². The Balaban J connectivity index is 2.16. The van der Waals surface area contributed by atoms with Gasteiger partial charge in [-0.1, -0.05) is 12.1 Å². The number of hydrogen-bond donors (Lipinski definition) is 2. The second kappa shape index (κ2) is 4.74. The zero-order valence-electron chi connectivity index (χ0n) is 9.43. The number of aromatic carboxylic acids is 1. The van der Waals surface area contributed by atoms with E-state index in [4.69, 9.17) is 9.84 Å². The molecule has 2 N–H and O–H groups in total. The van der Waals surface area contributed by atoms with Gasteiger partial charge in [-0.15, -0.1) is 0 Å². The van der Waals surface area contributed by atoms with Gasteiger partial charge in [0.1, 0.15) is 11.4 Å². The smallest absolute Gasteiger partial charge is 0.352 e. The topological polar surface area (TPSA) is 62.3 Å². The Bertz CT molecular complexity index is 531. The molecule has 88 valence electrons. The lowest BCUT2D eigenvalue weighted by molar-refractivity contribution is 0.0691. The Morgan fingerprint density at radius 2 is 2.18 bits per heavy atom. The highest BCUT2D eigenvalue weighted by atomic mass is 16.5. The van der Waals surface area contributed by atoms with E-state index in [-0.39, 0.29) is 5.69 Å². The molecule has 0 radical (unpaired) electrons. The summed E-state index contributed by atoms with van der Waals surface area (Å²) in [5.41, 5.74) is 2.15. The van der Waals surface area contributed by atoms with E-state index in [0.29, 0.717) is 6.42 Å². The van der Waals surface area contributed by atoms with E-state index in [1.54, 1.807) is 19.2 Å². The van der Waals surface area contributed by atoms with Crippen molar-refractivity contribution in [1.82, 2.24) is 4.98 Å². The predicted octanol–water partition coefficient (Wildman–Crippen LogP) is 2.31. The molecular formula is C13H13NO3. The normalized spacial score (nSPS) is 10.2. The molecule has 0 unspecified atom stereocenters. The molecule has 4 heteroatoms. The van der Waals surface area contributed by atoms with Crippen molar-refractivity contribution < 1.29 is 14.6 Å². The third kappa shape index (κ3) is 2.66. The van der Waals surface area contributed by atoms with Crippen molar-refractivity contribution in [3.05, 3.63) is 53.3 Å².